The smallest absolute Gasteiger partial charge is 0.0375 e. The zero-order valence-corrected chi connectivity index (χ0v) is 11.2. The number of benzene rings is 1. The van der Waals surface area contributed by atoms with Gasteiger partial charge in [0.05, 0.1) is 0 Å². The number of nitrogens with two attached hydrogens (primary N) is 1. The Balaban J connectivity index is 1.85. The Morgan fingerprint density at radius 1 is 1.06 bits per heavy atom. The first kappa shape index (κ1) is 12.2. The second-order valence-corrected chi connectivity index (χ2v) is 5.92. The quantitative estimate of drug-likeness (QED) is 0.865. The molecular formula is C16H24N2. The van der Waals surface area contributed by atoms with Gasteiger partial charge < -0.3 is 5.73 Å². The fourth-order valence-corrected chi connectivity index (χ4v) is 3.73. The van der Waals surface area contributed by atoms with E-state index >= 15 is 0 Å². The average molecular weight is 244 g/mol. The van der Waals surface area contributed by atoms with Gasteiger partial charge in [-0.1, -0.05) is 30.7 Å². The van der Waals surface area contributed by atoms with Gasteiger partial charge in [0.1, 0.15) is 0 Å². The van der Waals surface area contributed by atoms with Crippen molar-refractivity contribution in [2.75, 3.05) is 19.6 Å². The summed E-state index contributed by atoms with van der Waals surface area (Å²) in [6.07, 6.45) is 7.69. The lowest BCUT2D eigenvalue weighted by Crippen LogP contribution is -2.58. The number of fused-ring (bicyclic) bond motifs is 1. The van der Waals surface area contributed by atoms with Crippen LogP contribution in [0.1, 0.15) is 36.8 Å². The Kier molecular flexibility index (Phi) is 3.40. The van der Waals surface area contributed by atoms with Crippen LogP contribution in [0, 0.1) is 0 Å². The number of aryl methyl sites for hydroxylation is 1. The number of nitrogens with zero attached hydrogens (tertiary/aromatic N) is 1. The second-order valence-electron chi connectivity index (χ2n) is 5.92. The van der Waals surface area contributed by atoms with Crippen molar-refractivity contribution in [1.82, 2.24) is 4.90 Å². The maximum Gasteiger partial charge on any atom is 0.0375 e. The molecule has 18 heavy (non-hydrogen) atoms. The summed E-state index contributed by atoms with van der Waals surface area (Å²) in [5.41, 5.74) is 9.50. The molecule has 0 aromatic heterocycles. The van der Waals surface area contributed by atoms with E-state index in [4.69, 9.17) is 5.73 Å². The third-order valence-electron chi connectivity index (χ3n) is 4.90. The lowest BCUT2D eigenvalue weighted by Gasteiger charge is -2.48. The van der Waals surface area contributed by atoms with Gasteiger partial charge in [-0.25, -0.2) is 0 Å². The molecule has 2 heteroatoms. The van der Waals surface area contributed by atoms with Gasteiger partial charge in [0.25, 0.3) is 0 Å². The van der Waals surface area contributed by atoms with Crippen LogP contribution in [0.3, 0.4) is 0 Å². The number of hydrogen-bond donors (Lipinski definition) is 1. The number of piperidine rings is 1. The van der Waals surface area contributed by atoms with Crippen LogP contribution in [0.25, 0.3) is 0 Å². The Morgan fingerprint density at radius 3 is 2.50 bits per heavy atom. The van der Waals surface area contributed by atoms with Crippen molar-refractivity contribution in [3.05, 3.63) is 35.4 Å². The highest BCUT2D eigenvalue weighted by Gasteiger charge is 2.38. The van der Waals surface area contributed by atoms with E-state index < -0.39 is 0 Å². The molecule has 3 rings (SSSR count). The highest BCUT2D eigenvalue weighted by atomic mass is 15.2. The van der Waals surface area contributed by atoms with Crippen LogP contribution >= 0.6 is 0 Å². The molecule has 0 bridgehead atoms. The van der Waals surface area contributed by atoms with Gasteiger partial charge in [-0.15, -0.1) is 0 Å². The Hall–Kier alpha value is -0.860. The van der Waals surface area contributed by atoms with E-state index in [1.165, 1.54) is 50.8 Å². The van der Waals surface area contributed by atoms with Crippen LogP contribution in [0.15, 0.2) is 24.3 Å². The van der Waals surface area contributed by atoms with E-state index in [0.717, 1.165) is 13.0 Å². The van der Waals surface area contributed by atoms with Gasteiger partial charge >= 0.3 is 0 Å². The Morgan fingerprint density at radius 2 is 1.78 bits per heavy atom. The van der Waals surface area contributed by atoms with E-state index in [1.807, 2.05) is 0 Å². The maximum atomic E-state index is 6.18. The van der Waals surface area contributed by atoms with Gasteiger partial charge in [-0.05, 0) is 56.3 Å². The third kappa shape index (κ3) is 2.08. The minimum atomic E-state index is 0.245. The molecule has 2 aliphatic rings. The molecule has 98 valence electrons. The molecule has 1 aliphatic heterocycles. The van der Waals surface area contributed by atoms with E-state index in [-0.39, 0.29) is 5.54 Å². The molecule has 1 saturated heterocycles. The van der Waals surface area contributed by atoms with E-state index in [1.54, 1.807) is 5.56 Å². The summed E-state index contributed by atoms with van der Waals surface area (Å²) in [4.78, 5) is 2.69. The van der Waals surface area contributed by atoms with Gasteiger partial charge in [-0.3, -0.25) is 4.90 Å². The molecule has 1 aliphatic carbocycles. The SMILES string of the molecule is NCC1(N2CCCCC2)CCc2ccccc2C1. The largest absolute Gasteiger partial charge is 0.329 e. The molecule has 0 saturated carbocycles. The summed E-state index contributed by atoms with van der Waals surface area (Å²) in [5, 5.41) is 0. The summed E-state index contributed by atoms with van der Waals surface area (Å²) < 4.78 is 0. The van der Waals surface area contributed by atoms with Gasteiger partial charge in [0, 0.05) is 12.1 Å². The lowest BCUT2D eigenvalue weighted by atomic mass is 9.76. The van der Waals surface area contributed by atoms with Crippen LogP contribution in [-0.4, -0.2) is 30.1 Å². The van der Waals surface area contributed by atoms with Crippen molar-refractivity contribution < 1.29 is 0 Å². The molecule has 0 amide bonds. The molecule has 1 fully saturated rings. The van der Waals surface area contributed by atoms with Crippen molar-refractivity contribution in [3.63, 3.8) is 0 Å². The number of rotatable bonds is 2. The Labute approximate surface area is 110 Å². The molecule has 1 aromatic rings. The predicted molar refractivity (Wildman–Crippen MR) is 75.7 cm³/mol. The molecule has 1 atom stereocenters. The number of hydrogen-bond acceptors (Lipinski definition) is 2. The molecule has 2 nitrogen and oxygen atoms in total. The van der Waals surface area contributed by atoms with Crippen LogP contribution in [0.2, 0.25) is 0 Å². The average Bonchev–Trinajstić information content (AvgIpc) is 2.47. The lowest BCUT2D eigenvalue weighted by molar-refractivity contribution is 0.0598. The zero-order valence-electron chi connectivity index (χ0n) is 11.2. The van der Waals surface area contributed by atoms with Crippen LogP contribution in [-0.2, 0) is 12.8 Å². The third-order valence-corrected chi connectivity index (χ3v) is 4.90. The molecule has 1 heterocycles. The molecule has 0 spiro atoms. The van der Waals surface area contributed by atoms with Crippen molar-refractivity contribution in [2.24, 2.45) is 5.73 Å². The van der Waals surface area contributed by atoms with E-state index in [9.17, 15) is 0 Å². The first-order chi connectivity index (χ1) is 8.84. The molecule has 2 N–H and O–H groups in total. The minimum Gasteiger partial charge on any atom is -0.329 e. The molecular weight excluding hydrogens is 220 g/mol. The summed E-state index contributed by atoms with van der Waals surface area (Å²) in [5.74, 6) is 0. The maximum absolute atomic E-state index is 6.18. The van der Waals surface area contributed by atoms with Gasteiger partial charge in [0.15, 0.2) is 0 Å². The molecule has 0 radical (unpaired) electrons. The van der Waals surface area contributed by atoms with Crippen molar-refractivity contribution in [3.8, 4) is 0 Å². The highest BCUT2D eigenvalue weighted by Crippen LogP contribution is 2.34. The molecule has 1 aromatic carbocycles. The van der Waals surface area contributed by atoms with Crippen LogP contribution < -0.4 is 5.73 Å². The second kappa shape index (κ2) is 5.02. The monoisotopic (exact) mass is 244 g/mol. The van der Waals surface area contributed by atoms with Crippen molar-refractivity contribution >= 4 is 0 Å². The summed E-state index contributed by atoms with van der Waals surface area (Å²) >= 11 is 0. The van der Waals surface area contributed by atoms with Gasteiger partial charge in [0.2, 0.25) is 0 Å². The fourth-order valence-electron chi connectivity index (χ4n) is 3.73. The van der Waals surface area contributed by atoms with Crippen LogP contribution in [0.4, 0.5) is 0 Å². The van der Waals surface area contributed by atoms with E-state index in [0.29, 0.717) is 0 Å². The predicted octanol–water partition coefficient (Wildman–Crippen LogP) is 2.36. The van der Waals surface area contributed by atoms with Crippen molar-refractivity contribution in [2.45, 2.75) is 44.1 Å². The first-order valence-corrected chi connectivity index (χ1v) is 7.36. The summed E-state index contributed by atoms with van der Waals surface area (Å²) in [7, 11) is 0. The topological polar surface area (TPSA) is 29.3 Å². The summed E-state index contributed by atoms with van der Waals surface area (Å²) in [6, 6.07) is 8.91. The first-order valence-electron chi connectivity index (χ1n) is 7.36. The number of likely N-dealkylation sites (tertiary alicyclic amines) is 1. The van der Waals surface area contributed by atoms with E-state index in [2.05, 4.69) is 29.2 Å². The zero-order chi connectivity index (χ0) is 12.4. The van der Waals surface area contributed by atoms with Crippen LogP contribution in [0.5, 0.6) is 0 Å². The normalized spacial score (nSPS) is 28.9. The van der Waals surface area contributed by atoms with Gasteiger partial charge in [-0.2, -0.15) is 0 Å². The minimum absolute atomic E-state index is 0.245. The van der Waals surface area contributed by atoms with Crippen molar-refractivity contribution in [1.29, 1.82) is 0 Å². The highest BCUT2D eigenvalue weighted by molar-refractivity contribution is 5.32. The molecule has 1 unspecified atom stereocenters. The fraction of sp³-hybridized carbons (Fsp3) is 0.625. The Bertz CT molecular complexity index is 409. The summed E-state index contributed by atoms with van der Waals surface area (Å²) in [6.45, 7) is 3.31. The standard InChI is InChI=1S/C16H24N2/c17-13-16(18-10-4-1-5-11-18)9-8-14-6-2-3-7-15(14)12-16/h2-3,6-7H,1,4-5,8-13,17H2.